The van der Waals surface area contributed by atoms with Gasteiger partial charge in [0.25, 0.3) is 0 Å². The maximum Gasteiger partial charge on any atom is 0.0540 e. The minimum Gasteiger partial charge on any atom is -0.310 e. The van der Waals surface area contributed by atoms with Gasteiger partial charge in [0.2, 0.25) is 0 Å². The van der Waals surface area contributed by atoms with Crippen LogP contribution in [0.1, 0.15) is 155 Å². The van der Waals surface area contributed by atoms with Crippen LogP contribution in [0.25, 0.3) is 88.7 Å². The van der Waals surface area contributed by atoms with E-state index in [0.717, 1.165) is 71.0 Å². The molecular weight excluding hydrogens is 1640 g/mol. The molecule has 16 aliphatic rings. The second kappa shape index (κ2) is 31.5. The molecule has 3 heteroatoms. The second-order valence-electron chi connectivity index (χ2n) is 43.8. The summed E-state index contributed by atoms with van der Waals surface area (Å²) in [7, 11) is 0. The Hall–Kier alpha value is -13.6. The fourth-order valence-electron chi connectivity index (χ4n) is 32.4. The Balaban J connectivity index is 0.000000102. The Kier molecular flexibility index (Phi) is 18.7. The lowest BCUT2D eigenvalue weighted by Gasteiger charge is -2.61. The minimum absolute atomic E-state index is 0.0728. The highest BCUT2D eigenvalue weighted by Crippen LogP contribution is 2.74. The van der Waals surface area contributed by atoms with E-state index in [0.29, 0.717) is 0 Å². The van der Waals surface area contributed by atoms with Crippen LogP contribution in [0, 0.1) is 71.0 Å². The fraction of sp³-hybridized carbons (Fsp3) is 0.248. The summed E-state index contributed by atoms with van der Waals surface area (Å²) >= 11 is 0. The van der Waals surface area contributed by atoms with Crippen LogP contribution in [0.3, 0.4) is 0 Å². The number of rotatable bonds is 12. The molecule has 16 aliphatic carbocycles. The first-order valence-electron chi connectivity index (χ1n) is 51.4. The fourth-order valence-corrected chi connectivity index (χ4v) is 32.4. The van der Waals surface area contributed by atoms with Crippen molar-refractivity contribution >= 4 is 62.0 Å². The molecule has 33 rings (SSSR count). The lowest BCUT2D eigenvalue weighted by atomic mass is 9.43. The summed E-state index contributed by atoms with van der Waals surface area (Å²) < 4.78 is 0. The molecular formula is C133H115N3. The Morgan fingerprint density at radius 2 is 0.404 bits per heavy atom. The normalized spacial score (nSPS) is 25.9. The van der Waals surface area contributed by atoms with Crippen molar-refractivity contribution < 1.29 is 0 Å². The molecule has 0 aliphatic heterocycles. The molecule has 0 atom stereocenters. The minimum atomic E-state index is -0.0728. The van der Waals surface area contributed by atoms with Crippen molar-refractivity contribution in [1.29, 1.82) is 0 Å². The third-order valence-corrected chi connectivity index (χ3v) is 36.9. The first-order valence-corrected chi connectivity index (χ1v) is 51.4. The highest BCUT2D eigenvalue weighted by atomic mass is 15.2. The lowest BCUT2D eigenvalue weighted by Crippen LogP contribution is -2.55. The summed E-state index contributed by atoms with van der Waals surface area (Å²) in [5.74, 6) is 10.1. The summed E-state index contributed by atoms with van der Waals surface area (Å²) in [6.45, 7) is 4.79. The Labute approximate surface area is 802 Å². The van der Waals surface area contributed by atoms with Gasteiger partial charge in [0, 0.05) is 72.5 Å². The van der Waals surface area contributed by atoms with E-state index in [1.807, 2.05) is 0 Å². The molecule has 3 nitrogen and oxygen atoms in total. The van der Waals surface area contributed by atoms with Crippen LogP contribution in [0.2, 0.25) is 0 Å². The van der Waals surface area contributed by atoms with E-state index < -0.39 is 0 Å². The number of para-hydroxylation sites is 4. The van der Waals surface area contributed by atoms with Gasteiger partial charge in [-0.2, -0.15) is 0 Å². The number of fused-ring (bicyclic) bond motifs is 13. The van der Waals surface area contributed by atoms with Gasteiger partial charge in [0.15, 0.2) is 0 Å². The van der Waals surface area contributed by atoms with Gasteiger partial charge >= 0.3 is 0 Å². The van der Waals surface area contributed by atoms with E-state index in [2.05, 4.69) is 435 Å². The van der Waals surface area contributed by atoms with Gasteiger partial charge in [-0.15, -0.1) is 0 Å². The molecule has 662 valence electrons. The van der Waals surface area contributed by atoms with Gasteiger partial charge in [0.1, 0.15) is 0 Å². The van der Waals surface area contributed by atoms with Crippen molar-refractivity contribution in [1.82, 2.24) is 0 Å². The van der Waals surface area contributed by atoms with Crippen molar-refractivity contribution in [3.8, 4) is 77.9 Å². The molecule has 12 fully saturated rings. The van der Waals surface area contributed by atoms with Crippen molar-refractivity contribution in [3.63, 3.8) is 0 Å². The lowest BCUT2D eigenvalue weighted by molar-refractivity contribution is -0.0399. The van der Waals surface area contributed by atoms with Crippen LogP contribution in [0.15, 0.2) is 406 Å². The van der Waals surface area contributed by atoms with Crippen molar-refractivity contribution in [2.24, 2.45) is 71.0 Å². The van der Waals surface area contributed by atoms with E-state index in [9.17, 15) is 0 Å². The number of hydrogen-bond donors (Lipinski definition) is 0. The molecule has 0 N–H and O–H groups in total. The first kappa shape index (κ1) is 80.8. The smallest absolute Gasteiger partial charge is 0.0540 e. The van der Waals surface area contributed by atoms with Crippen LogP contribution in [0.5, 0.6) is 0 Å². The predicted octanol–water partition coefficient (Wildman–Crippen LogP) is 35.1. The van der Waals surface area contributed by atoms with Crippen LogP contribution in [-0.4, -0.2) is 0 Å². The summed E-state index contributed by atoms with van der Waals surface area (Å²) in [6, 6.07) is 153. The number of benzene rings is 17. The van der Waals surface area contributed by atoms with Crippen LogP contribution < -0.4 is 14.7 Å². The van der Waals surface area contributed by atoms with E-state index in [1.165, 1.54) is 247 Å². The average Bonchev–Trinajstić information content (AvgIpc) is 1.43. The summed E-state index contributed by atoms with van der Waals surface area (Å²) in [6.07, 6.45) is 21.2. The second-order valence-corrected chi connectivity index (χ2v) is 43.8. The van der Waals surface area contributed by atoms with Crippen LogP contribution in [-0.2, 0) is 21.7 Å². The summed E-state index contributed by atoms with van der Waals surface area (Å²) in [5, 5.41) is 2.54. The standard InChI is InChI=1S/C49H43N.C44H37N.C40H35N/c1-48(2)43-17-9-6-15-39(43)41-22-20-36(29-45(41)48)50(47-19-11-8-14-38(47)33-12-4-3-5-13-33)37-21-23-42-40-16-7-10-18-44(40)49(46(42)30-37)34-25-31-24-32(27-34)28-35(49)26-31;1-2-11-32(12-3-1)38-14-7-9-17-43(38)45(36-19-18-31-10-4-5-13-33(31)27-36)37-20-21-40-39-15-6-8-16-41(39)44(42(40)28-37)34-23-29-22-30(25-34)26-35(44)24-29;1-3-11-29(12-4-1)34-15-8-10-18-39(34)41(32-13-5-2-6-14-32)33-19-20-36-35-16-7-9-17-37(35)40(38(36)26-33)30-22-27-21-28(24-30)25-31(40)23-27/h3-23,29-32,34-35H,24-28H2,1-2H3;1-21,27-30,34-35H,22-26H2;1-20,26-28,30-31H,21-25H2. The quantitative estimate of drug-likeness (QED) is 0.121. The summed E-state index contributed by atoms with van der Waals surface area (Å²) in [5.41, 5.74) is 43.0. The molecule has 0 saturated heterocycles. The highest BCUT2D eigenvalue weighted by Gasteiger charge is 2.65. The number of nitrogens with zero attached hydrogens (tertiary/aromatic N) is 3. The van der Waals surface area contributed by atoms with E-state index in [4.69, 9.17) is 0 Å². The topological polar surface area (TPSA) is 9.72 Å². The molecule has 0 amide bonds. The molecule has 0 unspecified atom stereocenters. The molecule has 3 spiro atoms. The largest absolute Gasteiger partial charge is 0.310 e. The molecule has 0 aromatic heterocycles. The number of hydrogen-bond acceptors (Lipinski definition) is 3. The molecule has 136 heavy (non-hydrogen) atoms. The predicted molar refractivity (Wildman–Crippen MR) is 565 cm³/mol. The number of anilines is 9. The van der Waals surface area contributed by atoms with E-state index >= 15 is 0 Å². The van der Waals surface area contributed by atoms with Gasteiger partial charge in [-0.25, -0.2) is 0 Å². The van der Waals surface area contributed by atoms with Gasteiger partial charge in [0.05, 0.1) is 17.1 Å². The Morgan fingerprint density at radius 1 is 0.169 bits per heavy atom. The SMILES string of the molecule is CC1(C)c2ccccc2-c2ccc(N(c3ccc4c(c3)C3(c5ccccc5-4)C4CC5CC(C4)CC3C5)c3ccccc3-c3ccccc3)cc21.c1ccc(-c2ccccc2N(c2ccc3c(c2)C2(c4ccccc4-3)C3CC4CC(C3)CC2C4)c2ccc3ccccc3c2)cc1.c1ccc(-c2ccccc2N(c2ccccc2)c2ccc3c(c2)C2(c4ccccc4-3)C3CC4CC(C3)CC2C4)cc1. The molecule has 17 aromatic carbocycles. The zero-order valence-electron chi connectivity index (χ0n) is 78.1. The Morgan fingerprint density at radius 3 is 0.750 bits per heavy atom. The summed E-state index contributed by atoms with van der Waals surface area (Å²) in [4.78, 5) is 7.60. The van der Waals surface area contributed by atoms with Gasteiger partial charge in [-0.3, -0.25) is 0 Å². The third kappa shape index (κ3) is 12.2. The molecule has 12 saturated carbocycles. The van der Waals surface area contributed by atoms with Gasteiger partial charge in [-0.1, -0.05) is 329 Å². The van der Waals surface area contributed by atoms with Gasteiger partial charge < -0.3 is 14.7 Å². The zero-order valence-corrected chi connectivity index (χ0v) is 78.1. The van der Waals surface area contributed by atoms with Crippen LogP contribution >= 0.6 is 0 Å². The van der Waals surface area contributed by atoms with Crippen molar-refractivity contribution in [2.75, 3.05) is 14.7 Å². The molecule has 12 bridgehead atoms. The van der Waals surface area contributed by atoms with E-state index in [1.54, 1.807) is 33.4 Å². The maximum absolute atomic E-state index is 2.65. The third-order valence-electron chi connectivity index (χ3n) is 36.9. The van der Waals surface area contributed by atoms with Crippen molar-refractivity contribution in [2.45, 2.75) is 132 Å². The highest BCUT2D eigenvalue weighted by molar-refractivity contribution is 5.98. The monoisotopic (exact) mass is 1750 g/mol. The first-order chi connectivity index (χ1) is 67.1. The van der Waals surface area contributed by atoms with Gasteiger partial charge in [-0.05, 0) is 375 Å². The van der Waals surface area contributed by atoms with E-state index in [-0.39, 0.29) is 21.7 Å². The zero-order chi connectivity index (χ0) is 89.7. The average molecular weight is 1760 g/mol. The molecule has 17 aromatic rings. The molecule has 0 heterocycles. The maximum atomic E-state index is 2.65. The molecule has 0 radical (unpaired) electrons. The van der Waals surface area contributed by atoms with Crippen molar-refractivity contribution in [3.05, 3.63) is 451 Å². The Bertz CT molecular complexity index is 7500. The van der Waals surface area contributed by atoms with Crippen LogP contribution in [0.4, 0.5) is 51.2 Å².